The summed E-state index contributed by atoms with van der Waals surface area (Å²) in [4.78, 5) is 14.0. The SMILES string of the molecule is CC(N)CC(=O)N1CCCC1C(C)(C)C.Cl. The summed E-state index contributed by atoms with van der Waals surface area (Å²) in [5.74, 6) is 0.224. The minimum Gasteiger partial charge on any atom is -0.339 e. The normalized spacial score (nSPS) is 22.8. The second-order valence-electron chi connectivity index (χ2n) is 5.79. The number of likely N-dealkylation sites (tertiary alicyclic amines) is 1. The van der Waals surface area contributed by atoms with Crippen molar-refractivity contribution in [1.82, 2.24) is 4.90 Å². The molecule has 2 atom stereocenters. The Labute approximate surface area is 105 Å². The van der Waals surface area contributed by atoms with Crippen molar-refractivity contribution in [3.8, 4) is 0 Å². The molecule has 0 radical (unpaired) electrons. The maximum absolute atomic E-state index is 12.0. The van der Waals surface area contributed by atoms with Crippen LogP contribution in [0.15, 0.2) is 0 Å². The van der Waals surface area contributed by atoms with Gasteiger partial charge in [0, 0.05) is 25.0 Å². The summed E-state index contributed by atoms with van der Waals surface area (Å²) in [5, 5.41) is 0. The highest BCUT2D eigenvalue weighted by Crippen LogP contribution is 2.32. The third-order valence-electron chi connectivity index (χ3n) is 3.07. The molecule has 1 aliphatic heterocycles. The van der Waals surface area contributed by atoms with Gasteiger partial charge in [0.25, 0.3) is 0 Å². The van der Waals surface area contributed by atoms with Crippen LogP contribution in [0.1, 0.15) is 47.0 Å². The second-order valence-corrected chi connectivity index (χ2v) is 5.79. The summed E-state index contributed by atoms with van der Waals surface area (Å²) in [6.07, 6.45) is 2.74. The number of halogens is 1. The molecule has 1 saturated heterocycles. The highest BCUT2D eigenvalue weighted by Gasteiger charge is 2.36. The number of rotatable bonds is 2. The first-order valence-corrected chi connectivity index (χ1v) is 5.87. The van der Waals surface area contributed by atoms with E-state index < -0.39 is 0 Å². The molecule has 2 N–H and O–H groups in total. The number of carbonyl (C=O) groups excluding carboxylic acids is 1. The highest BCUT2D eigenvalue weighted by molar-refractivity contribution is 5.85. The minimum atomic E-state index is -0.0290. The zero-order valence-electron chi connectivity index (χ0n) is 10.8. The number of hydrogen-bond donors (Lipinski definition) is 1. The smallest absolute Gasteiger partial charge is 0.224 e. The lowest BCUT2D eigenvalue weighted by Gasteiger charge is -2.35. The molecule has 0 aromatic carbocycles. The van der Waals surface area contributed by atoms with E-state index in [1.807, 2.05) is 11.8 Å². The molecule has 0 saturated carbocycles. The molecule has 0 aromatic rings. The van der Waals surface area contributed by atoms with E-state index in [1.54, 1.807) is 0 Å². The lowest BCUT2D eigenvalue weighted by molar-refractivity contribution is -0.134. The summed E-state index contributed by atoms with van der Waals surface area (Å²) in [5.41, 5.74) is 5.85. The zero-order chi connectivity index (χ0) is 11.6. The number of carbonyl (C=O) groups is 1. The Morgan fingerprint density at radius 3 is 2.50 bits per heavy atom. The van der Waals surface area contributed by atoms with Gasteiger partial charge in [0.1, 0.15) is 0 Å². The molecular formula is C12H25ClN2O. The van der Waals surface area contributed by atoms with Crippen LogP contribution in [0.3, 0.4) is 0 Å². The van der Waals surface area contributed by atoms with Crippen LogP contribution in [0.2, 0.25) is 0 Å². The van der Waals surface area contributed by atoms with Crippen molar-refractivity contribution in [1.29, 1.82) is 0 Å². The predicted octanol–water partition coefficient (Wildman–Crippen LogP) is 2.18. The quantitative estimate of drug-likeness (QED) is 0.814. The minimum absolute atomic E-state index is 0. The van der Waals surface area contributed by atoms with E-state index in [4.69, 9.17) is 5.73 Å². The molecule has 96 valence electrons. The molecule has 0 bridgehead atoms. The monoisotopic (exact) mass is 248 g/mol. The van der Waals surface area contributed by atoms with E-state index in [-0.39, 0.29) is 29.8 Å². The van der Waals surface area contributed by atoms with Gasteiger partial charge in [-0.25, -0.2) is 0 Å². The van der Waals surface area contributed by atoms with Crippen molar-refractivity contribution in [2.24, 2.45) is 11.1 Å². The highest BCUT2D eigenvalue weighted by atomic mass is 35.5. The lowest BCUT2D eigenvalue weighted by atomic mass is 9.85. The Hall–Kier alpha value is -0.280. The molecule has 4 heteroatoms. The molecule has 0 spiro atoms. The van der Waals surface area contributed by atoms with E-state index in [1.165, 1.54) is 0 Å². The molecule has 0 aromatic heterocycles. The van der Waals surface area contributed by atoms with Gasteiger partial charge in [0.15, 0.2) is 0 Å². The molecule has 1 aliphatic rings. The van der Waals surface area contributed by atoms with Crippen LogP contribution in [0, 0.1) is 5.41 Å². The van der Waals surface area contributed by atoms with Gasteiger partial charge in [-0.05, 0) is 25.2 Å². The Kier molecular flexibility index (Phi) is 5.77. The fourth-order valence-electron chi connectivity index (χ4n) is 2.36. The van der Waals surface area contributed by atoms with Gasteiger partial charge in [-0.15, -0.1) is 12.4 Å². The van der Waals surface area contributed by atoms with Gasteiger partial charge in [-0.1, -0.05) is 20.8 Å². The van der Waals surface area contributed by atoms with Gasteiger partial charge in [0.05, 0.1) is 0 Å². The average molecular weight is 249 g/mol. The van der Waals surface area contributed by atoms with Crippen molar-refractivity contribution in [2.45, 2.75) is 59.0 Å². The Balaban J connectivity index is 0.00000225. The van der Waals surface area contributed by atoms with Gasteiger partial charge in [0.2, 0.25) is 5.91 Å². The van der Waals surface area contributed by atoms with Crippen LogP contribution in [-0.4, -0.2) is 29.4 Å². The van der Waals surface area contributed by atoms with Crippen molar-refractivity contribution < 1.29 is 4.79 Å². The number of nitrogens with two attached hydrogens (primary N) is 1. The standard InChI is InChI=1S/C12H24N2O.ClH/c1-9(13)8-11(15)14-7-5-6-10(14)12(2,3)4;/h9-10H,5-8,13H2,1-4H3;1H. The van der Waals surface area contributed by atoms with Crippen molar-refractivity contribution in [3.05, 3.63) is 0 Å². The number of amides is 1. The summed E-state index contributed by atoms with van der Waals surface area (Å²) in [6, 6.07) is 0.363. The molecule has 1 rings (SSSR count). The molecule has 16 heavy (non-hydrogen) atoms. The van der Waals surface area contributed by atoms with Crippen LogP contribution in [-0.2, 0) is 4.79 Å². The van der Waals surface area contributed by atoms with E-state index in [0.717, 1.165) is 19.4 Å². The van der Waals surface area contributed by atoms with Crippen LogP contribution < -0.4 is 5.73 Å². The predicted molar refractivity (Wildman–Crippen MR) is 69.7 cm³/mol. The lowest BCUT2D eigenvalue weighted by Crippen LogP contribution is -2.44. The Morgan fingerprint density at radius 1 is 1.50 bits per heavy atom. The van der Waals surface area contributed by atoms with Crippen molar-refractivity contribution in [3.63, 3.8) is 0 Å². The molecule has 0 aliphatic carbocycles. The zero-order valence-corrected chi connectivity index (χ0v) is 11.6. The summed E-state index contributed by atoms with van der Waals surface area (Å²) < 4.78 is 0. The molecule has 1 heterocycles. The Morgan fingerprint density at radius 2 is 2.06 bits per heavy atom. The summed E-state index contributed by atoms with van der Waals surface area (Å²) in [6.45, 7) is 9.41. The average Bonchev–Trinajstić information content (AvgIpc) is 2.48. The maximum Gasteiger partial charge on any atom is 0.224 e. The van der Waals surface area contributed by atoms with E-state index >= 15 is 0 Å². The fourth-order valence-corrected chi connectivity index (χ4v) is 2.36. The van der Waals surface area contributed by atoms with Crippen LogP contribution >= 0.6 is 12.4 Å². The molecule has 1 fully saturated rings. The van der Waals surface area contributed by atoms with Crippen LogP contribution in [0.5, 0.6) is 0 Å². The Bertz CT molecular complexity index is 236. The van der Waals surface area contributed by atoms with Crippen molar-refractivity contribution >= 4 is 18.3 Å². The molecule has 2 unspecified atom stereocenters. The molecule has 3 nitrogen and oxygen atoms in total. The van der Waals surface area contributed by atoms with E-state index in [0.29, 0.717) is 12.5 Å². The van der Waals surface area contributed by atoms with Gasteiger partial charge in [-0.3, -0.25) is 4.79 Å². The molecule has 1 amide bonds. The second kappa shape index (κ2) is 5.87. The first-order valence-electron chi connectivity index (χ1n) is 5.87. The first kappa shape index (κ1) is 15.7. The summed E-state index contributed by atoms with van der Waals surface area (Å²) in [7, 11) is 0. The molecular weight excluding hydrogens is 224 g/mol. The summed E-state index contributed by atoms with van der Waals surface area (Å²) >= 11 is 0. The third kappa shape index (κ3) is 3.95. The first-order chi connectivity index (χ1) is 6.82. The number of nitrogens with zero attached hydrogens (tertiary/aromatic N) is 1. The fraction of sp³-hybridized carbons (Fsp3) is 0.917. The van der Waals surface area contributed by atoms with Crippen LogP contribution in [0.25, 0.3) is 0 Å². The van der Waals surface area contributed by atoms with Crippen molar-refractivity contribution in [2.75, 3.05) is 6.54 Å². The third-order valence-corrected chi connectivity index (χ3v) is 3.07. The van der Waals surface area contributed by atoms with Gasteiger partial charge < -0.3 is 10.6 Å². The van der Waals surface area contributed by atoms with E-state index in [2.05, 4.69) is 20.8 Å². The van der Waals surface area contributed by atoms with E-state index in [9.17, 15) is 4.79 Å². The largest absolute Gasteiger partial charge is 0.339 e. The maximum atomic E-state index is 12.0. The van der Waals surface area contributed by atoms with Crippen LogP contribution in [0.4, 0.5) is 0 Å². The number of hydrogen-bond acceptors (Lipinski definition) is 2. The topological polar surface area (TPSA) is 46.3 Å². The van der Waals surface area contributed by atoms with Gasteiger partial charge >= 0.3 is 0 Å². The van der Waals surface area contributed by atoms with Gasteiger partial charge in [-0.2, -0.15) is 0 Å².